The molecule has 2 atom stereocenters. The van der Waals surface area contributed by atoms with Crippen LogP contribution >= 0.6 is 12.2 Å². The number of aromatic nitrogens is 2. The summed E-state index contributed by atoms with van der Waals surface area (Å²) in [6.07, 6.45) is 4.07. The lowest BCUT2D eigenvalue weighted by Crippen LogP contribution is -2.32. The zero-order chi connectivity index (χ0) is 17.1. The van der Waals surface area contributed by atoms with E-state index in [-0.39, 0.29) is 24.5 Å². The molecule has 2 aromatic heterocycles. The second-order valence-corrected chi connectivity index (χ2v) is 6.08. The highest BCUT2D eigenvalue weighted by Gasteiger charge is 2.40. The van der Waals surface area contributed by atoms with E-state index in [1.165, 1.54) is 7.11 Å². The first kappa shape index (κ1) is 16.4. The van der Waals surface area contributed by atoms with Crippen LogP contribution in [0.25, 0.3) is 0 Å². The van der Waals surface area contributed by atoms with Crippen molar-refractivity contribution in [3.63, 3.8) is 0 Å². The Bertz CT molecular complexity index is 731. The number of pyridine rings is 1. The van der Waals surface area contributed by atoms with E-state index in [0.29, 0.717) is 11.7 Å². The normalized spacial score (nSPS) is 20.1. The Morgan fingerprint density at radius 3 is 2.83 bits per heavy atom. The number of esters is 1. The molecule has 1 aliphatic heterocycles. The van der Waals surface area contributed by atoms with E-state index in [0.717, 1.165) is 11.4 Å². The highest BCUT2D eigenvalue weighted by molar-refractivity contribution is 7.80. The van der Waals surface area contributed by atoms with Crippen molar-refractivity contribution in [2.75, 3.05) is 13.7 Å². The summed E-state index contributed by atoms with van der Waals surface area (Å²) in [5.41, 5.74) is 2.04. The molecule has 1 saturated heterocycles. The molecule has 7 heteroatoms. The molecule has 0 saturated carbocycles. The summed E-state index contributed by atoms with van der Waals surface area (Å²) in [5, 5.41) is 3.98. The number of nitrogens with zero attached hydrogens (tertiary/aromatic N) is 3. The third-order valence-electron chi connectivity index (χ3n) is 4.27. The molecule has 1 aliphatic rings. The van der Waals surface area contributed by atoms with Crippen LogP contribution in [0.5, 0.6) is 0 Å². The molecule has 0 bridgehead atoms. The van der Waals surface area contributed by atoms with Gasteiger partial charge in [-0.05, 0) is 36.5 Å². The van der Waals surface area contributed by atoms with Gasteiger partial charge in [0.1, 0.15) is 0 Å². The smallest absolute Gasteiger partial charge is 0.307 e. The molecule has 6 nitrogen and oxygen atoms in total. The molecule has 3 heterocycles. The molecular formula is C17H20N4O2S. The minimum atomic E-state index is -0.246. The van der Waals surface area contributed by atoms with E-state index >= 15 is 0 Å². The number of carbonyl (C=O) groups is 1. The van der Waals surface area contributed by atoms with Gasteiger partial charge in [-0.3, -0.25) is 9.78 Å². The fraction of sp³-hybridized carbons (Fsp3) is 0.353. The predicted molar refractivity (Wildman–Crippen MR) is 94.2 cm³/mol. The van der Waals surface area contributed by atoms with Crippen LogP contribution in [-0.4, -0.2) is 39.2 Å². The standard InChI is InChI=1S/C17H20N4O2S/c1-20-10-5-7-13(20)16-15(12-6-3-4-9-18-12)19-17(24)21(16)11-8-14(22)23-2/h3-7,9-10,15-16H,8,11H2,1-2H3,(H,19,24)/t15-,16-/m0/s1. The number of aryl methyl sites for hydroxylation is 1. The number of carbonyl (C=O) groups excluding carboxylic acids is 1. The molecule has 0 spiro atoms. The first-order valence-electron chi connectivity index (χ1n) is 7.78. The van der Waals surface area contributed by atoms with Crippen LogP contribution in [0.1, 0.15) is 29.9 Å². The minimum absolute atomic E-state index is 0.0305. The number of hydrogen-bond acceptors (Lipinski definition) is 4. The maximum atomic E-state index is 11.6. The van der Waals surface area contributed by atoms with E-state index in [9.17, 15) is 4.79 Å². The van der Waals surface area contributed by atoms with E-state index in [1.807, 2.05) is 42.4 Å². The van der Waals surface area contributed by atoms with Gasteiger partial charge in [-0.1, -0.05) is 6.07 Å². The summed E-state index contributed by atoms with van der Waals surface area (Å²) in [4.78, 5) is 18.1. The van der Waals surface area contributed by atoms with Crippen molar-refractivity contribution >= 4 is 23.3 Å². The lowest BCUT2D eigenvalue weighted by molar-refractivity contribution is -0.140. The molecule has 0 radical (unpaired) electrons. The molecule has 126 valence electrons. The average Bonchev–Trinajstić information content (AvgIpc) is 3.16. The zero-order valence-corrected chi connectivity index (χ0v) is 14.5. The molecule has 1 fully saturated rings. The van der Waals surface area contributed by atoms with Crippen LogP contribution in [0.2, 0.25) is 0 Å². The second-order valence-electron chi connectivity index (χ2n) is 5.69. The number of methoxy groups -OCH3 is 1. The van der Waals surface area contributed by atoms with Gasteiger partial charge in [-0.15, -0.1) is 0 Å². The van der Waals surface area contributed by atoms with Gasteiger partial charge >= 0.3 is 5.97 Å². The predicted octanol–water partition coefficient (Wildman–Crippen LogP) is 1.96. The number of hydrogen-bond donors (Lipinski definition) is 1. The van der Waals surface area contributed by atoms with Crippen molar-refractivity contribution in [3.05, 3.63) is 54.1 Å². The first-order chi connectivity index (χ1) is 11.6. The molecule has 0 unspecified atom stereocenters. The van der Waals surface area contributed by atoms with Gasteiger partial charge in [0.15, 0.2) is 5.11 Å². The molecular weight excluding hydrogens is 324 g/mol. The van der Waals surface area contributed by atoms with Crippen LogP contribution in [0, 0.1) is 0 Å². The Balaban J connectivity index is 1.94. The average molecular weight is 344 g/mol. The fourth-order valence-electron chi connectivity index (χ4n) is 3.06. The lowest BCUT2D eigenvalue weighted by Gasteiger charge is -2.27. The summed E-state index contributed by atoms with van der Waals surface area (Å²) >= 11 is 5.53. The van der Waals surface area contributed by atoms with E-state index in [1.54, 1.807) is 6.20 Å². The Hall–Kier alpha value is -2.41. The summed E-state index contributed by atoms with van der Waals surface area (Å²) in [7, 11) is 3.40. The highest BCUT2D eigenvalue weighted by atomic mass is 32.1. The molecule has 2 aromatic rings. The molecule has 0 aromatic carbocycles. The van der Waals surface area contributed by atoms with Gasteiger partial charge in [0.05, 0.1) is 31.3 Å². The largest absolute Gasteiger partial charge is 0.469 e. The first-order valence-corrected chi connectivity index (χ1v) is 8.18. The molecule has 0 amide bonds. The molecule has 24 heavy (non-hydrogen) atoms. The summed E-state index contributed by atoms with van der Waals surface area (Å²) in [5.74, 6) is -0.246. The van der Waals surface area contributed by atoms with Crippen molar-refractivity contribution < 1.29 is 9.53 Å². The van der Waals surface area contributed by atoms with Gasteiger partial charge in [0, 0.05) is 31.7 Å². The maximum absolute atomic E-state index is 11.6. The molecule has 1 N–H and O–H groups in total. The van der Waals surface area contributed by atoms with E-state index in [2.05, 4.69) is 20.9 Å². The zero-order valence-electron chi connectivity index (χ0n) is 13.7. The lowest BCUT2D eigenvalue weighted by atomic mass is 10.0. The van der Waals surface area contributed by atoms with Gasteiger partial charge in [-0.25, -0.2) is 0 Å². The van der Waals surface area contributed by atoms with Crippen LogP contribution < -0.4 is 5.32 Å². The quantitative estimate of drug-likeness (QED) is 0.661. The third-order valence-corrected chi connectivity index (χ3v) is 4.62. The summed E-state index contributed by atoms with van der Waals surface area (Å²) in [6, 6.07) is 9.82. The Kier molecular flexibility index (Phi) is 4.80. The Morgan fingerprint density at radius 2 is 2.21 bits per heavy atom. The van der Waals surface area contributed by atoms with Gasteiger partial charge in [0.25, 0.3) is 0 Å². The Morgan fingerprint density at radius 1 is 1.38 bits per heavy atom. The van der Waals surface area contributed by atoms with Crippen LogP contribution in [0.15, 0.2) is 42.7 Å². The van der Waals surface area contributed by atoms with Crippen molar-refractivity contribution in [1.29, 1.82) is 0 Å². The topological polar surface area (TPSA) is 59.4 Å². The minimum Gasteiger partial charge on any atom is -0.469 e. The number of thiocarbonyl (C=S) groups is 1. The van der Waals surface area contributed by atoms with Gasteiger partial charge in [0.2, 0.25) is 0 Å². The van der Waals surface area contributed by atoms with Crippen molar-refractivity contribution in [3.8, 4) is 0 Å². The number of nitrogens with one attached hydrogen (secondary N) is 1. The highest BCUT2D eigenvalue weighted by Crippen LogP contribution is 2.38. The van der Waals surface area contributed by atoms with Crippen LogP contribution in [0.4, 0.5) is 0 Å². The van der Waals surface area contributed by atoms with E-state index in [4.69, 9.17) is 17.0 Å². The summed E-state index contributed by atoms with van der Waals surface area (Å²) < 4.78 is 6.83. The van der Waals surface area contributed by atoms with Crippen molar-refractivity contribution in [1.82, 2.24) is 19.8 Å². The number of ether oxygens (including phenoxy) is 1. The van der Waals surface area contributed by atoms with Gasteiger partial charge < -0.3 is 19.5 Å². The van der Waals surface area contributed by atoms with Crippen molar-refractivity contribution in [2.45, 2.75) is 18.5 Å². The number of rotatable bonds is 5. The molecule has 0 aliphatic carbocycles. The SMILES string of the molecule is COC(=O)CCN1C(=S)N[C@@H](c2ccccn2)[C@@H]1c1cccn1C. The maximum Gasteiger partial charge on any atom is 0.307 e. The monoisotopic (exact) mass is 344 g/mol. The van der Waals surface area contributed by atoms with Crippen LogP contribution in [-0.2, 0) is 16.6 Å². The molecule has 3 rings (SSSR count). The second kappa shape index (κ2) is 7.00. The van der Waals surface area contributed by atoms with Crippen LogP contribution in [0.3, 0.4) is 0 Å². The fourth-order valence-corrected chi connectivity index (χ4v) is 3.40. The van der Waals surface area contributed by atoms with E-state index < -0.39 is 0 Å². The Labute approximate surface area is 146 Å². The summed E-state index contributed by atoms with van der Waals surface area (Å²) in [6.45, 7) is 0.498. The van der Waals surface area contributed by atoms with Gasteiger partial charge in [-0.2, -0.15) is 0 Å². The third kappa shape index (κ3) is 3.12. The van der Waals surface area contributed by atoms with Crippen molar-refractivity contribution in [2.24, 2.45) is 7.05 Å².